The zero-order chi connectivity index (χ0) is 12.4. The quantitative estimate of drug-likeness (QED) is 0.889. The van der Waals surface area contributed by atoms with Crippen LogP contribution in [0.15, 0.2) is 28.9 Å². The maximum Gasteiger partial charge on any atom is 0.229 e. The largest absolute Gasteiger partial charge is 0.496 e. The van der Waals surface area contributed by atoms with Gasteiger partial charge in [0.25, 0.3) is 0 Å². The lowest BCUT2D eigenvalue weighted by atomic mass is 9.98. The van der Waals surface area contributed by atoms with E-state index < -0.39 is 6.17 Å². The summed E-state index contributed by atoms with van der Waals surface area (Å²) in [5.41, 5.74) is 7.30. The van der Waals surface area contributed by atoms with Crippen molar-refractivity contribution < 1.29 is 13.7 Å². The number of methoxy groups -OCH3 is 1. The maximum absolute atomic E-state index is 13.7. The van der Waals surface area contributed by atoms with E-state index in [1.165, 1.54) is 20.2 Å². The summed E-state index contributed by atoms with van der Waals surface area (Å²) < 4.78 is 23.6. The Labute approximate surface area is 98.2 Å². The van der Waals surface area contributed by atoms with Crippen molar-refractivity contribution in [3.63, 3.8) is 0 Å². The molecule has 0 aliphatic heterocycles. The van der Waals surface area contributed by atoms with Crippen molar-refractivity contribution in [1.82, 2.24) is 5.16 Å². The SMILES string of the molecule is COc1cccc(-c2cnoc2N)c1C(C)F. The summed E-state index contributed by atoms with van der Waals surface area (Å²) in [5.74, 6) is 0.651. The topological polar surface area (TPSA) is 61.3 Å². The Bertz CT molecular complexity index is 523. The molecule has 2 aromatic rings. The highest BCUT2D eigenvalue weighted by Gasteiger charge is 2.19. The number of nitrogen functional groups attached to an aromatic ring is 1. The number of nitrogens with two attached hydrogens (primary N) is 1. The Morgan fingerprint density at radius 3 is 2.71 bits per heavy atom. The highest BCUT2D eigenvalue weighted by Crippen LogP contribution is 2.38. The molecule has 4 nitrogen and oxygen atoms in total. The third kappa shape index (κ3) is 1.95. The summed E-state index contributed by atoms with van der Waals surface area (Å²) in [7, 11) is 1.50. The van der Waals surface area contributed by atoms with Crippen molar-refractivity contribution in [3.8, 4) is 16.9 Å². The van der Waals surface area contributed by atoms with Gasteiger partial charge in [-0.25, -0.2) is 4.39 Å². The molecule has 1 aromatic heterocycles. The van der Waals surface area contributed by atoms with Crippen LogP contribution >= 0.6 is 0 Å². The Kier molecular flexibility index (Phi) is 2.99. The Morgan fingerprint density at radius 2 is 2.18 bits per heavy atom. The van der Waals surface area contributed by atoms with Crippen molar-refractivity contribution in [2.75, 3.05) is 12.8 Å². The molecule has 90 valence electrons. The van der Waals surface area contributed by atoms with Crippen LogP contribution < -0.4 is 10.5 Å². The van der Waals surface area contributed by atoms with Crippen molar-refractivity contribution >= 4 is 5.88 Å². The first-order chi connectivity index (χ1) is 8.15. The summed E-state index contributed by atoms with van der Waals surface area (Å²) in [6.45, 7) is 1.45. The number of anilines is 1. The number of rotatable bonds is 3. The van der Waals surface area contributed by atoms with Crippen molar-refractivity contribution in [2.45, 2.75) is 13.1 Å². The molecule has 0 saturated heterocycles. The van der Waals surface area contributed by atoms with E-state index in [1.54, 1.807) is 18.2 Å². The number of halogens is 1. The summed E-state index contributed by atoms with van der Waals surface area (Å²) in [6.07, 6.45) is 0.297. The van der Waals surface area contributed by atoms with Gasteiger partial charge in [-0.15, -0.1) is 0 Å². The first kappa shape index (κ1) is 11.4. The standard InChI is InChI=1S/C12H13FN2O2/c1-7(13)11-8(4-3-5-10(11)16-2)9-6-15-17-12(9)14/h3-7H,14H2,1-2H3. The number of hydrogen-bond acceptors (Lipinski definition) is 4. The number of aromatic nitrogens is 1. The zero-order valence-electron chi connectivity index (χ0n) is 9.61. The third-order valence-electron chi connectivity index (χ3n) is 2.57. The third-order valence-corrected chi connectivity index (χ3v) is 2.57. The van der Waals surface area contributed by atoms with Crippen LogP contribution in [0, 0.1) is 0 Å². The molecule has 1 heterocycles. The van der Waals surface area contributed by atoms with Gasteiger partial charge in [0.2, 0.25) is 5.88 Å². The lowest BCUT2D eigenvalue weighted by Crippen LogP contribution is -1.97. The molecule has 0 radical (unpaired) electrons. The minimum absolute atomic E-state index is 0.167. The first-order valence-corrected chi connectivity index (χ1v) is 5.16. The molecule has 0 aliphatic carbocycles. The predicted octanol–water partition coefficient (Wildman–Crippen LogP) is 2.96. The molecular weight excluding hydrogens is 223 g/mol. The van der Waals surface area contributed by atoms with Crippen LogP contribution in [-0.4, -0.2) is 12.3 Å². The van der Waals surface area contributed by atoms with Gasteiger partial charge in [-0.2, -0.15) is 0 Å². The van der Waals surface area contributed by atoms with Crippen LogP contribution in [0.5, 0.6) is 5.75 Å². The molecule has 0 aliphatic rings. The molecule has 0 amide bonds. The van der Waals surface area contributed by atoms with Gasteiger partial charge in [0.05, 0.1) is 18.9 Å². The van der Waals surface area contributed by atoms with Crippen LogP contribution in [0.1, 0.15) is 18.7 Å². The molecule has 0 bridgehead atoms. The molecule has 2 rings (SSSR count). The molecule has 5 heteroatoms. The molecule has 0 saturated carbocycles. The Morgan fingerprint density at radius 1 is 1.41 bits per heavy atom. The zero-order valence-corrected chi connectivity index (χ0v) is 9.61. The molecule has 0 spiro atoms. The van der Waals surface area contributed by atoms with Gasteiger partial charge in [-0.3, -0.25) is 0 Å². The van der Waals surface area contributed by atoms with E-state index in [0.717, 1.165) is 0 Å². The molecule has 2 N–H and O–H groups in total. The fraction of sp³-hybridized carbons (Fsp3) is 0.250. The van der Waals surface area contributed by atoms with E-state index >= 15 is 0 Å². The highest BCUT2D eigenvalue weighted by molar-refractivity contribution is 5.76. The number of nitrogens with zero attached hydrogens (tertiary/aromatic N) is 1. The molecule has 1 aromatic carbocycles. The number of benzene rings is 1. The van der Waals surface area contributed by atoms with Crippen LogP contribution in [0.4, 0.5) is 10.3 Å². The van der Waals surface area contributed by atoms with Crippen LogP contribution in [0.3, 0.4) is 0 Å². The Balaban J connectivity index is 2.65. The minimum Gasteiger partial charge on any atom is -0.496 e. The van der Waals surface area contributed by atoms with E-state index in [4.69, 9.17) is 15.0 Å². The number of hydrogen-bond donors (Lipinski definition) is 1. The van der Waals surface area contributed by atoms with Gasteiger partial charge in [-0.1, -0.05) is 17.3 Å². The fourth-order valence-electron chi connectivity index (χ4n) is 1.82. The van der Waals surface area contributed by atoms with Gasteiger partial charge < -0.3 is 15.0 Å². The summed E-state index contributed by atoms with van der Waals surface area (Å²) >= 11 is 0. The summed E-state index contributed by atoms with van der Waals surface area (Å²) in [5, 5.41) is 3.59. The second-order valence-corrected chi connectivity index (χ2v) is 3.64. The summed E-state index contributed by atoms with van der Waals surface area (Å²) in [4.78, 5) is 0. The lowest BCUT2D eigenvalue weighted by Gasteiger charge is -2.13. The number of ether oxygens (including phenoxy) is 1. The van der Waals surface area contributed by atoms with E-state index in [2.05, 4.69) is 5.16 Å². The average molecular weight is 236 g/mol. The molecule has 1 unspecified atom stereocenters. The monoisotopic (exact) mass is 236 g/mol. The molecular formula is C12H13FN2O2. The minimum atomic E-state index is -1.17. The second kappa shape index (κ2) is 4.45. The van der Waals surface area contributed by atoms with E-state index in [9.17, 15) is 4.39 Å². The van der Waals surface area contributed by atoms with Crippen molar-refractivity contribution in [1.29, 1.82) is 0 Å². The van der Waals surface area contributed by atoms with Gasteiger partial charge in [-0.05, 0) is 18.6 Å². The van der Waals surface area contributed by atoms with Gasteiger partial charge >= 0.3 is 0 Å². The van der Waals surface area contributed by atoms with Gasteiger partial charge in [0.15, 0.2) is 0 Å². The average Bonchev–Trinajstić information content (AvgIpc) is 2.74. The van der Waals surface area contributed by atoms with Crippen LogP contribution in [0.25, 0.3) is 11.1 Å². The van der Waals surface area contributed by atoms with E-state index in [1.807, 2.05) is 0 Å². The lowest BCUT2D eigenvalue weighted by molar-refractivity contribution is 0.347. The van der Waals surface area contributed by atoms with Crippen LogP contribution in [-0.2, 0) is 0 Å². The first-order valence-electron chi connectivity index (χ1n) is 5.16. The summed E-state index contributed by atoms with van der Waals surface area (Å²) in [6, 6.07) is 5.24. The van der Waals surface area contributed by atoms with Gasteiger partial charge in [0, 0.05) is 5.56 Å². The molecule has 1 atom stereocenters. The smallest absolute Gasteiger partial charge is 0.229 e. The van der Waals surface area contributed by atoms with E-state index in [0.29, 0.717) is 22.4 Å². The normalized spacial score (nSPS) is 12.4. The second-order valence-electron chi connectivity index (χ2n) is 3.64. The maximum atomic E-state index is 13.7. The highest BCUT2D eigenvalue weighted by atomic mass is 19.1. The number of alkyl halides is 1. The Hall–Kier alpha value is -2.04. The van der Waals surface area contributed by atoms with Crippen LogP contribution in [0.2, 0.25) is 0 Å². The molecule has 17 heavy (non-hydrogen) atoms. The van der Waals surface area contributed by atoms with E-state index in [-0.39, 0.29) is 5.88 Å². The predicted molar refractivity (Wildman–Crippen MR) is 62.4 cm³/mol. The fourth-order valence-corrected chi connectivity index (χ4v) is 1.82. The molecule has 0 fully saturated rings. The van der Waals surface area contributed by atoms with Crippen molar-refractivity contribution in [2.24, 2.45) is 0 Å². The van der Waals surface area contributed by atoms with Gasteiger partial charge in [0.1, 0.15) is 11.9 Å². The van der Waals surface area contributed by atoms with Crippen molar-refractivity contribution in [3.05, 3.63) is 30.0 Å².